The summed E-state index contributed by atoms with van der Waals surface area (Å²) < 4.78 is 11.8. The summed E-state index contributed by atoms with van der Waals surface area (Å²) in [7, 11) is 1.69. The Kier molecular flexibility index (Phi) is 4.67. The molecule has 0 N–H and O–H groups in total. The highest BCUT2D eigenvalue weighted by atomic mass is 35.5. The van der Waals surface area contributed by atoms with E-state index in [1.807, 2.05) is 30.3 Å². The Morgan fingerprint density at radius 1 is 1.07 bits per heavy atom. The van der Waals surface area contributed by atoms with Crippen LogP contribution in [-0.4, -0.2) is 24.1 Å². The van der Waals surface area contributed by atoms with Crippen molar-refractivity contribution in [1.29, 1.82) is 0 Å². The maximum absolute atomic E-state index is 6.50. The molecule has 4 nitrogen and oxygen atoms in total. The molecule has 5 rings (SSSR count). The standard InChI is InChI=1S/C23H25ClN2O2/c1-27-18-10-7-15(8-11-18)20-14-21-19-13-17(24)9-12-22(19)28-23(26(21)25-20)16-5-3-2-4-6-16/h7-13,16,21,23H,2-6,14H2,1H3/t21-,23-/m1/s1. The number of halogens is 1. The van der Waals surface area contributed by atoms with Crippen LogP contribution in [0.15, 0.2) is 47.6 Å². The zero-order valence-corrected chi connectivity index (χ0v) is 16.9. The molecule has 28 heavy (non-hydrogen) atoms. The van der Waals surface area contributed by atoms with Crippen LogP contribution in [0, 0.1) is 5.92 Å². The van der Waals surface area contributed by atoms with E-state index < -0.39 is 0 Å². The summed E-state index contributed by atoms with van der Waals surface area (Å²) in [6.07, 6.45) is 7.20. The van der Waals surface area contributed by atoms with Crippen molar-refractivity contribution in [3.63, 3.8) is 0 Å². The lowest BCUT2D eigenvalue weighted by molar-refractivity contribution is -0.0643. The van der Waals surface area contributed by atoms with E-state index in [1.54, 1.807) is 7.11 Å². The molecule has 0 spiro atoms. The van der Waals surface area contributed by atoms with Crippen molar-refractivity contribution < 1.29 is 9.47 Å². The Labute approximate surface area is 171 Å². The average molecular weight is 397 g/mol. The minimum atomic E-state index is 0.00900. The van der Waals surface area contributed by atoms with Gasteiger partial charge in [0.05, 0.1) is 18.9 Å². The second-order valence-electron chi connectivity index (χ2n) is 7.96. The van der Waals surface area contributed by atoms with Gasteiger partial charge in [-0.1, -0.05) is 30.9 Å². The number of rotatable bonds is 3. The fraction of sp³-hybridized carbons (Fsp3) is 0.435. The van der Waals surface area contributed by atoms with Crippen LogP contribution in [0.4, 0.5) is 0 Å². The van der Waals surface area contributed by atoms with Crippen LogP contribution in [0.3, 0.4) is 0 Å². The molecule has 3 aliphatic rings. The SMILES string of the molecule is COc1ccc(C2=NN3[C@H](C2)c2cc(Cl)ccc2O[C@@H]3C2CCCCC2)cc1. The summed E-state index contributed by atoms with van der Waals surface area (Å²) in [5, 5.41) is 8.03. The number of fused-ring (bicyclic) bond motifs is 3. The van der Waals surface area contributed by atoms with Gasteiger partial charge in [0, 0.05) is 22.9 Å². The van der Waals surface area contributed by atoms with Crippen molar-refractivity contribution in [2.75, 3.05) is 7.11 Å². The Morgan fingerprint density at radius 2 is 1.86 bits per heavy atom. The van der Waals surface area contributed by atoms with Crippen molar-refractivity contribution in [2.24, 2.45) is 11.0 Å². The average Bonchev–Trinajstić information content (AvgIpc) is 3.20. The molecule has 5 heteroatoms. The molecule has 2 heterocycles. The summed E-state index contributed by atoms with van der Waals surface area (Å²) in [5.41, 5.74) is 3.39. The first-order valence-electron chi connectivity index (χ1n) is 10.2. The molecule has 2 aromatic carbocycles. The third kappa shape index (κ3) is 3.14. The first-order chi connectivity index (χ1) is 13.7. The summed E-state index contributed by atoms with van der Waals surface area (Å²) in [4.78, 5) is 0. The molecular weight excluding hydrogens is 372 g/mol. The van der Waals surface area contributed by atoms with Crippen LogP contribution in [0.1, 0.15) is 55.7 Å². The molecule has 0 saturated heterocycles. The lowest BCUT2D eigenvalue weighted by Crippen LogP contribution is -2.45. The third-order valence-corrected chi connectivity index (χ3v) is 6.49. The van der Waals surface area contributed by atoms with Crippen LogP contribution in [0.2, 0.25) is 5.02 Å². The maximum atomic E-state index is 6.50. The lowest BCUT2D eigenvalue weighted by atomic mass is 9.86. The zero-order chi connectivity index (χ0) is 19.1. The second-order valence-corrected chi connectivity index (χ2v) is 8.40. The molecule has 2 atom stereocenters. The molecular formula is C23H25ClN2O2. The minimum Gasteiger partial charge on any atom is -0.497 e. The Morgan fingerprint density at radius 3 is 2.61 bits per heavy atom. The van der Waals surface area contributed by atoms with Gasteiger partial charge >= 0.3 is 0 Å². The second kappa shape index (κ2) is 7.32. The minimum absolute atomic E-state index is 0.00900. The van der Waals surface area contributed by atoms with Crippen LogP contribution < -0.4 is 9.47 Å². The number of hydrogen-bond acceptors (Lipinski definition) is 4. The van der Waals surface area contributed by atoms with E-state index in [0.29, 0.717) is 5.92 Å². The van der Waals surface area contributed by atoms with Crippen molar-refractivity contribution in [2.45, 2.75) is 50.8 Å². The highest BCUT2D eigenvalue weighted by Crippen LogP contribution is 2.47. The molecule has 1 aliphatic carbocycles. The largest absolute Gasteiger partial charge is 0.497 e. The summed E-state index contributed by atoms with van der Waals surface area (Å²) >= 11 is 6.31. The van der Waals surface area contributed by atoms with E-state index in [9.17, 15) is 0 Å². The fourth-order valence-corrected chi connectivity index (χ4v) is 4.96. The van der Waals surface area contributed by atoms with Gasteiger partial charge in [-0.05, 0) is 60.9 Å². The molecule has 2 aliphatic heterocycles. The molecule has 1 fully saturated rings. The molecule has 1 saturated carbocycles. The van der Waals surface area contributed by atoms with E-state index in [1.165, 1.54) is 32.1 Å². The van der Waals surface area contributed by atoms with Gasteiger partial charge in [-0.2, -0.15) is 5.10 Å². The van der Waals surface area contributed by atoms with Gasteiger partial charge in [0.25, 0.3) is 0 Å². The van der Waals surface area contributed by atoms with Crippen molar-refractivity contribution in [1.82, 2.24) is 5.01 Å². The van der Waals surface area contributed by atoms with E-state index in [2.05, 4.69) is 17.1 Å². The van der Waals surface area contributed by atoms with E-state index >= 15 is 0 Å². The van der Waals surface area contributed by atoms with E-state index in [4.69, 9.17) is 26.2 Å². The van der Waals surface area contributed by atoms with Crippen LogP contribution in [0.25, 0.3) is 0 Å². The monoisotopic (exact) mass is 396 g/mol. The predicted octanol–water partition coefficient (Wildman–Crippen LogP) is 5.80. The van der Waals surface area contributed by atoms with Crippen molar-refractivity contribution in [3.8, 4) is 11.5 Å². The summed E-state index contributed by atoms with van der Waals surface area (Å²) in [5.74, 6) is 2.35. The van der Waals surface area contributed by atoms with Crippen molar-refractivity contribution >= 4 is 17.3 Å². The maximum Gasteiger partial charge on any atom is 0.190 e. The van der Waals surface area contributed by atoms with Gasteiger partial charge in [0.15, 0.2) is 6.23 Å². The molecule has 0 unspecified atom stereocenters. The molecule has 0 aromatic heterocycles. The first kappa shape index (κ1) is 17.9. The molecule has 2 aromatic rings. The topological polar surface area (TPSA) is 34.1 Å². The zero-order valence-electron chi connectivity index (χ0n) is 16.1. The summed E-state index contributed by atoms with van der Waals surface area (Å²) in [6, 6.07) is 14.3. The van der Waals surface area contributed by atoms with Crippen LogP contribution >= 0.6 is 11.6 Å². The number of methoxy groups -OCH3 is 1. The van der Waals surface area contributed by atoms with Gasteiger partial charge < -0.3 is 9.47 Å². The van der Waals surface area contributed by atoms with Crippen molar-refractivity contribution in [3.05, 3.63) is 58.6 Å². The molecule has 0 amide bonds. The number of ether oxygens (including phenoxy) is 2. The molecule has 146 valence electrons. The quantitative estimate of drug-likeness (QED) is 0.657. The first-order valence-corrected chi connectivity index (χ1v) is 10.6. The Balaban J connectivity index is 1.51. The fourth-order valence-electron chi connectivity index (χ4n) is 4.77. The lowest BCUT2D eigenvalue weighted by Gasteiger charge is -2.42. The Hall–Kier alpha value is -2.20. The molecule has 0 radical (unpaired) electrons. The van der Waals surface area contributed by atoms with Gasteiger partial charge in [0.1, 0.15) is 11.5 Å². The van der Waals surface area contributed by atoms with Crippen LogP contribution in [0.5, 0.6) is 11.5 Å². The number of hydrogen-bond donors (Lipinski definition) is 0. The number of nitrogens with zero attached hydrogens (tertiary/aromatic N) is 2. The van der Waals surface area contributed by atoms with E-state index in [0.717, 1.165) is 39.8 Å². The van der Waals surface area contributed by atoms with Gasteiger partial charge in [-0.25, -0.2) is 5.01 Å². The van der Waals surface area contributed by atoms with Crippen LogP contribution in [-0.2, 0) is 0 Å². The smallest absolute Gasteiger partial charge is 0.190 e. The highest BCUT2D eigenvalue weighted by Gasteiger charge is 2.43. The predicted molar refractivity (Wildman–Crippen MR) is 111 cm³/mol. The number of benzene rings is 2. The van der Waals surface area contributed by atoms with Gasteiger partial charge in [-0.3, -0.25) is 0 Å². The summed E-state index contributed by atoms with van der Waals surface area (Å²) in [6.45, 7) is 0. The Bertz CT molecular complexity index is 890. The third-order valence-electron chi connectivity index (χ3n) is 6.26. The normalized spacial score (nSPS) is 24.2. The molecule has 0 bridgehead atoms. The highest BCUT2D eigenvalue weighted by molar-refractivity contribution is 6.30. The van der Waals surface area contributed by atoms with Gasteiger partial charge in [0.2, 0.25) is 0 Å². The number of hydrazone groups is 1. The van der Waals surface area contributed by atoms with Gasteiger partial charge in [-0.15, -0.1) is 0 Å². The van der Waals surface area contributed by atoms with E-state index in [-0.39, 0.29) is 12.3 Å².